The molecule has 0 N–H and O–H groups in total. The topological polar surface area (TPSA) is 65.1 Å². The second kappa shape index (κ2) is 17.3. The fourth-order valence-corrected chi connectivity index (χ4v) is 6.33. The largest absolute Gasteiger partial charge is 0.489 e. The normalized spacial score (nSPS) is 12.8. The summed E-state index contributed by atoms with van der Waals surface area (Å²) in [5.74, 6) is 0.289. The first kappa shape index (κ1) is 36.6. The third-order valence-electron chi connectivity index (χ3n) is 9.23. The van der Waals surface area contributed by atoms with Gasteiger partial charge in [-0.05, 0) is 121 Å². The Labute approximate surface area is 292 Å². The molecule has 50 heavy (non-hydrogen) atoms. The van der Waals surface area contributed by atoms with Gasteiger partial charge in [0.1, 0.15) is 12.4 Å². The third kappa shape index (κ3) is 10.2. The SMILES string of the molecule is COC(=O)CCCCN(CCc1cc2c(cc1OCc1ccc(-c3ccc(C(F)(F)F)cc3)cc1)CCCC2)Cc1ccc(C(=O)OC)cc1. The number of hydrogen-bond donors (Lipinski definition) is 0. The molecule has 0 heterocycles. The van der Waals surface area contributed by atoms with Crippen LogP contribution < -0.4 is 4.74 Å². The Balaban J connectivity index is 1.28. The monoisotopic (exact) mass is 687 g/mol. The van der Waals surface area contributed by atoms with Crippen molar-refractivity contribution in [3.63, 3.8) is 0 Å². The number of methoxy groups -OCH3 is 2. The average Bonchev–Trinajstić information content (AvgIpc) is 3.14. The highest BCUT2D eigenvalue weighted by Crippen LogP contribution is 2.32. The summed E-state index contributed by atoms with van der Waals surface area (Å²) < 4.78 is 55.1. The van der Waals surface area contributed by atoms with E-state index in [2.05, 4.69) is 17.0 Å². The Hall–Kier alpha value is -4.63. The van der Waals surface area contributed by atoms with Crippen LogP contribution in [0.1, 0.15) is 75.8 Å². The molecule has 0 radical (unpaired) electrons. The molecule has 1 aliphatic rings. The lowest BCUT2D eigenvalue weighted by Crippen LogP contribution is -2.27. The number of halogens is 3. The van der Waals surface area contributed by atoms with Crippen molar-refractivity contribution < 1.29 is 37.0 Å². The molecule has 4 aromatic rings. The Morgan fingerprint density at radius 1 is 0.740 bits per heavy atom. The molecule has 0 saturated carbocycles. The molecule has 0 unspecified atom stereocenters. The number of alkyl halides is 3. The Bertz CT molecular complexity index is 1720. The van der Waals surface area contributed by atoms with Gasteiger partial charge in [-0.2, -0.15) is 13.2 Å². The summed E-state index contributed by atoms with van der Waals surface area (Å²) in [5, 5.41) is 0. The van der Waals surface area contributed by atoms with Crippen molar-refractivity contribution in [2.45, 2.75) is 70.7 Å². The van der Waals surface area contributed by atoms with Crippen LogP contribution in [0.5, 0.6) is 5.75 Å². The lowest BCUT2D eigenvalue weighted by atomic mass is 9.89. The van der Waals surface area contributed by atoms with Gasteiger partial charge in [-0.3, -0.25) is 9.69 Å². The summed E-state index contributed by atoms with van der Waals surface area (Å²) in [6, 6.07) is 24.9. The van der Waals surface area contributed by atoms with Crippen LogP contribution in [0.2, 0.25) is 0 Å². The summed E-state index contributed by atoms with van der Waals surface area (Å²) in [6.07, 6.45) is 2.77. The van der Waals surface area contributed by atoms with Crippen LogP contribution in [0.15, 0.2) is 84.9 Å². The van der Waals surface area contributed by atoms with Crippen LogP contribution in [-0.4, -0.2) is 44.1 Å². The molecule has 5 rings (SSSR count). The molecule has 0 spiro atoms. The number of benzene rings is 4. The smallest absolute Gasteiger partial charge is 0.416 e. The first-order valence-corrected chi connectivity index (χ1v) is 17.1. The number of rotatable bonds is 15. The Kier molecular flexibility index (Phi) is 12.7. The molecular formula is C41H44F3NO5. The zero-order chi connectivity index (χ0) is 35.5. The van der Waals surface area contributed by atoms with Crippen molar-refractivity contribution in [3.05, 3.63) is 124 Å². The quantitative estimate of drug-likeness (QED) is 0.0919. The molecule has 9 heteroatoms. The first-order valence-electron chi connectivity index (χ1n) is 17.1. The second-order valence-electron chi connectivity index (χ2n) is 12.7. The van der Waals surface area contributed by atoms with Crippen molar-refractivity contribution in [1.29, 1.82) is 0 Å². The van der Waals surface area contributed by atoms with E-state index in [-0.39, 0.29) is 11.9 Å². The number of unbranched alkanes of at least 4 members (excludes halogenated alkanes) is 1. The van der Waals surface area contributed by atoms with Crippen LogP contribution >= 0.6 is 0 Å². The number of ether oxygens (including phenoxy) is 3. The standard InChI is InChI=1S/C41H44F3NO5/c1-48-39(46)9-5-6-23-45(27-29-10-16-33(17-11-29)40(47)49-2)24-22-36-25-34-7-3-4-8-35(34)26-38(36)50-28-30-12-14-31(15-13-30)32-18-20-37(21-19-32)41(42,43)44/h10-21,25-26H,3-9,22-24,27-28H2,1-2H3. The van der Waals surface area contributed by atoms with Gasteiger partial charge in [0.25, 0.3) is 0 Å². The van der Waals surface area contributed by atoms with Crippen molar-refractivity contribution in [1.82, 2.24) is 4.90 Å². The molecule has 0 bridgehead atoms. The number of fused-ring (bicyclic) bond motifs is 1. The minimum atomic E-state index is -4.36. The lowest BCUT2D eigenvalue weighted by Gasteiger charge is -2.25. The Morgan fingerprint density at radius 2 is 1.36 bits per heavy atom. The van der Waals surface area contributed by atoms with Gasteiger partial charge in [-0.1, -0.05) is 54.6 Å². The summed E-state index contributed by atoms with van der Waals surface area (Å²) in [7, 11) is 2.77. The molecule has 0 aliphatic heterocycles. The molecule has 1 aliphatic carbocycles. The summed E-state index contributed by atoms with van der Waals surface area (Å²) >= 11 is 0. The number of carbonyl (C=O) groups excluding carboxylic acids is 2. The predicted octanol–water partition coefficient (Wildman–Crippen LogP) is 9.00. The maximum atomic E-state index is 13.0. The number of hydrogen-bond acceptors (Lipinski definition) is 6. The van der Waals surface area contributed by atoms with E-state index in [0.717, 1.165) is 97.3 Å². The van der Waals surface area contributed by atoms with Crippen LogP contribution in [0.4, 0.5) is 13.2 Å². The zero-order valence-corrected chi connectivity index (χ0v) is 28.7. The number of nitrogens with zero attached hydrogens (tertiary/aromatic N) is 1. The van der Waals surface area contributed by atoms with Crippen molar-refractivity contribution in [3.8, 4) is 16.9 Å². The van der Waals surface area contributed by atoms with Gasteiger partial charge in [0.15, 0.2) is 0 Å². The maximum Gasteiger partial charge on any atom is 0.416 e. The highest BCUT2D eigenvalue weighted by Gasteiger charge is 2.30. The predicted molar refractivity (Wildman–Crippen MR) is 187 cm³/mol. The van der Waals surface area contributed by atoms with E-state index in [4.69, 9.17) is 14.2 Å². The van der Waals surface area contributed by atoms with Gasteiger partial charge in [0, 0.05) is 19.5 Å². The van der Waals surface area contributed by atoms with E-state index in [1.54, 1.807) is 12.1 Å². The van der Waals surface area contributed by atoms with Gasteiger partial charge < -0.3 is 14.2 Å². The number of esters is 2. The van der Waals surface area contributed by atoms with Gasteiger partial charge in [-0.25, -0.2) is 4.79 Å². The highest BCUT2D eigenvalue weighted by molar-refractivity contribution is 5.89. The molecule has 6 nitrogen and oxygen atoms in total. The van der Waals surface area contributed by atoms with Crippen LogP contribution in [0.3, 0.4) is 0 Å². The molecule has 0 aromatic heterocycles. The molecule has 0 fully saturated rings. The van der Waals surface area contributed by atoms with Gasteiger partial charge in [0.05, 0.1) is 25.3 Å². The van der Waals surface area contributed by atoms with Crippen molar-refractivity contribution in [2.24, 2.45) is 0 Å². The maximum absolute atomic E-state index is 13.0. The number of carbonyl (C=O) groups is 2. The molecule has 0 amide bonds. The van der Waals surface area contributed by atoms with Gasteiger partial charge in [-0.15, -0.1) is 0 Å². The minimum Gasteiger partial charge on any atom is -0.489 e. The zero-order valence-electron chi connectivity index (χ0n) is 28.7. The van der Waals surface area contributed by atoms with Crippen LogP contribution in [0, 0.1) is 0 Å². The molecule has 4 aromatic carbocycles. The number of aryl methyl sites for hydroxylation is 2. The lowest BCUT2D eigenvalue weighted by molar-refractivity contribution is -0.140. The highest BCUT2D eigenvalue weighted by atomic mass is 19.4. The first-order chi connectivity index (χ1) is 24.1. The third-order valence-corrected chi connectivity index (χ3v) is 9.23. The van der Waals surface area contributed by atoms with Crippen molar-refractivity contribution in [2.75, 3.05) is 27.3 Å². The fourth-order valence-electron chi connectivity index (χ4n) is 6.33. The minimum absolute atomic E-state index is 0.208. The van der Waals surface area contributed by atoms with Crippen LogP contribution in [0.25, 0.3) is 11.1 Å². The average molecular weight is 688 g/mol. The van der Waals surface area contributed by atoms with E-state index in [1.165, 1.54) is 43.9 Å². The van der Waals surface area contributed by atoms with E-state index in [0.29, 0.717) is 25.1 Å². The Morgan fingerprint density at radius 3 is 1.98 bits per heavy atom. The molecular weight excluding hydrogens is 643 g/mol. The summed E-state index contributed by atoms with van der Waals surface area (Å²) in [4.78, 5) is 26.0. The van der Waals surface area contributed by atoms with E-state index < -0.39 is 11.7 Å². The second-order valence-corrected chi connectivity index (χ2v) is 12.7. The van der Waals surface area contributed by atoms with E-state index >= 15 is 0 Å². The molecule has 264 valence electrons. The van der Waals surface area contributed by atoms with E-state index in [1.807, 2.05) is 36.4 Å². The van der Waals surface area contributed by atoms with Gasteiger partial charge >= 0.3 is 18.1 Å². The fraction of sp³-hybridized carbons (Fsp3) is 0.366. The molecule has 0 atom stereocenters. The van der Waals surface area contributed by atoms with Crippen molar-refractivity contribution >= 4 is 11.9 Å². The molecule has 0 saturated heterocycles. The van der Waals surface area contributed by atoms with Crippen LogP contribution in [-0.2, 0) is 52.9 Å². The summed E-state index contributed by atoms with van der Waals surface area (Å²) in [6.45, 7) is 2.62. The summed E-state index contributed by atoms with van der Waals surface area (Å²) in [5.41, 5.74) is 7.29. The van der Waals surface area contributed by atoms with Gasteiger partial charge in [0.2, 0.25) is 0 Å². The van der Waals surface area contributed by atoms with E-state index in [9.17, 15) is 22.8 Å².